The maximum absolute atomic E-state index is 12.3. The smallest absolute Gasteiger partial charge is 0.231 e. The van der Waals surface area contributed by atoms with Crippen LogP contribution in [0.4, 0.5) is 5.82 Å². The molecule has 35 heavy (non-hydrogen) atoms. The summed E-state index contributed by atoms with van der Waals surface area (Å²) in [5.74, 6) is 1.53. The van der Waals surface area contributed by atoms with Crippen LogP contribution < -0.4 is 19.9 Å². The number of thiazole rings is 1. The van der Waals surface area contributed by atoms with E-state index in [1.807, 2.05) is 22.1 Å². The van der Waals surface area contributed by atoms with Crippen molar-refractivity contribution >= 4 is 50.1 Å². The zero-order valence-corrected chi connectivity index (χ0v) is 21.4. The number of ether oxygens (including phenoxy) is 2. The minimum Gasteiger partial charge on any atom is -0.454 e. The van der Waals surface area contributed by atoms with Gasteiger partial charge in [0, 0.05) is 34.6 Å². The average molecular weight is 534 g/mol. The van der Waals surface area contributed by atoms with Gasteiger partial charge in [-0.1, -0.05) is 11.8 Å². The summed E-state index contributed by atoms with van der Waals surface area (Å²) in [6, 6.07) is 3.65. The van der Waals surface area contributed by atoms with Crippen LogP contribution in [-0.2, 0) is 16.6 Å². The molecule has 4 aromatic rings. The van der Waals surface area contributed by atoms with Crippen molar-refractivity contribution in [1.82, 2.24) is 29.2 Å². The third-order valence-corrected chi connectivity index (χ3v) is 8.59. The number of hydrogen-bond acceptors (Lipinski definition) is 11. The lowest BCUT2D eigenvalue weighted by Crippen LogP contribution is -2.32. The van der Waals surface area contributed by atoms with Gasteiger partial charge in [-0.3, -0.25) is 0 Å². The third-order valence-electron chi connectivity index (χ3n) is 5.07. The van der Waals surface area contributed by atoms with Gasteiger partial charge < -0.3 is 19.8 Å². The summed E-state index contributed by atoms with van der Waals surface area (Å²) in [5.41, 5.74) is 7.98. The highest BCUT2D eigenvalue weighted by Gasteiger charge is 2.23. The summed E-state index contributed by atoms with van der Waals surface area (Å²) in [6.07, 6.45) is 3.49. The van der Waals surface area contributed by atoms with Gasteiger partial charge in [0.15, 0.2) is 33.6 Å². The van der Waals surface area contributed by atoms with E-state index in [4.69, 9.17) is 20.2 Å². The normalized spacial score (nSPS) is 13.2. The van der Waals surface area contributed by atoms with E-state index < -0.39 is 10.0 Å². The predicted octanol–water partition coefficient (Wildman–Crippen LogP) is 3.13. The molecule has 0 atom stereocenters. The molecular formula is C21H23N7O4S3. The second-order valence-corrected chi connectivity index (χ2v) is 11.8. The summed E-state index contributed by atoms with van der Waals surface area (Å²) in [7, 11) is -3.40. The second-order valence-electron chi connectivity index (χ2n) is 8.06. The van der Waals surface area contributed by atoms with Gasteiger partial charge in [-0.25, -0.2) is 33.1 Å². The van der Waals surface area contributed by atoms with Crippen molar-refractivity contribution in [3.05, 3.63) is 30.0 Å². The van der Waals surface area contributed by atoms with Crippen LogP contribution in [0, 0.1) is 0 Å². The number of aromatic nitrogens is 5. The van der Waals surface area contributed by atoms with Gasteiger partial charge >= 0.3 is 0 Å². The SMILES string of the molecule is CC(C)NS(=O)(=O)CCCn1c(Sc2cc3c(cc2-c2nccs2)OCO3)nc2c(N)ncnc21. The summed E-state index contributed by atoms with van der Waals surface area (Å²) in [5, 5.41) is 3.35. The number of aryl methyl sites for hydroxylation is 1. The number of nitrogens with one attached hydrogen (secondary N) is 1. The minimum atomic E-state index is -3.40. The first-order chi connectivity index (χ1) is 16.8. The zero-order chi connectivity index (χ0) is 24.6. The molecule has 1 aliphatic heterocycles. The molecule has 11 nitrogen and oxygen atoms in total. The molecule has 1 aliphatic rings. The fourth-order valence-corrected chi connectivity index (χ4v) is 6.80. The number of benzene rings is 1. The Balaban J connectivity index is 1.51. The van der Waals surface area contributed by atoms with Crippen molar-refractivity contribution in [3.8, 4) is 22.1 Å². The Hall–Kier alpha value is -2.94. The van der Waals surface area contributed by atoms with Crippen LogP contribution in [-0.4, -0.2) is 51.5 Å². The van der Waals surface area contributed by atoms with Gasteiger partial charge in [0.2, 0.25) is 16.8 Å². The van der Waals surface area contributed by atoms with Gasteiger partial charge in [-0.15, -0.1) is 11.3 Å². The Morgan fingerprint density at radius 3 is 2.77 bits per heavy atom. The van der Waals surface area contributed by atoms with Crippen LogP contribution in [0.2, 0.25) is 0 Å². The minimum absolute atomic E-state index is 0.0239. The van der Waals surface area contributed by atoms with E-state index in [1.165, 1.54) is 29.4 Å². The molecule has 0 saturated carbocycles. The predicted molar refractivity (Wildman–Crippen MR) is 134 cm³/mol. The molecule has 0 saturated heterocycles. The number of nitrogens with zero attached hydrogens (tertiary/aromatic N) is 5. The summed E-state index contributed by atoms with van der Waals surface area (Å²) in [6.45, 7) is 4.12. The van der Waals surface area contributed by atoms with Crippen LogP contribution in [0.25, 0.3) is 21.7 Å². The Kier molecular flexibility index (Phi) is 6.53. The lowest BCUT2D eigenvalue weighted by atomic mass is 10.2. The molecule has 3 N–H and O–H groups in total. The first-order valence-corrected chi connectivity index (χ1v) is 14.1. The number of imidazole rings is 1. The standard InChI is InChI=1S/C21H23N7O4S3/c1-12(2)27-35(29,30)7-3-5-28-19-17(18(22)24-10-25-19)26-21(28)34-16-9-15-14(31-11-32-15)8-13(16)20-23-4-6-33-20/h4,6,8-10,12,27H,3,5,7,11H2,1-2H3,(H2,22,24,25). The van der Waals surface area contributed by atoms with Gasteiger partial charge in [0.25, 0.3) is 0 Å². The highest BCUT2D eigenvalue weighted by molar-refractivity contribution is 7.99. The van der Waals surface area contributed by atoms with E-state index in [0.29, 0.717) is 40.8 Å². The molecule has 0 amide bonds. The van der Waals surface area contributed by atoms with Crippen LogP contribution >= 0.6 is 23.1 Å². The molecular weight excluding hydrogens is 510 g/mol. The Morgan fingerprint density at radius 2 is 2.03 bits per heavy atom. The topological polar surface area (TPSA) is 147 Å². The lowest BCUT2D eigenvalue weighted by Gasteiger charge is -2.12. The molecule has 0 fully saturated rings. The van der Waals surface area contributed by atoms with Gasteiger partial charge in [-0.2, -0.15) is 0 Å². The van der Waals surface area contributed by atoms with E-state index in [2.05, 4.69) is 19.7 Å². The zero-order valence-electron chi connectivity index (χ0n) is 19.0. The highest BCUT2D eigenvalue weighted by atomic mass is 32.2. The van der Waals surface area contributed by atoms with Crippen molar-refractivity contribution in [3.63, 3.8) is 0 Å². The average Bonchev–Trinajstić information content (AvgIpc) is 3.53. The number of nitrogens with two attached hydrogens (primary N) is 1. The summed E-state index contributed by atoms with van der Waals surface area (Å²) >= 11 is 2.92. The van der Waals surface area contributed by atoms with Crippen LogP contribution in [0.15, 0.2) is 40.1 Å². The fraction of sp³-hybridized carbons (Fsp3) is 0.333. The van der Waals surface area contributed by atoms with E-state index in [0.717, 1.165) is 15.5 Å². The van der Waals surface area contributed by atoms with E-state index in [-0.39, 0.29) is 24.4 Å². The molecule has 14 heteroatoms. The number of fused-ring (bicyclic) bond motifs is 2. The molecule has 0 spiro atoms. The van der Waals surface area contributed by atoms with Crippen LogP contribution in [0.1, 0.15) is 20.3 Å². The van der Waals surface area contributed by atoms with Crippen molar-refractivity contribution in [2.45, 2.75) is 42.9 Å². The van der Waals surface area contributed by atoms with E-state index >= 15 is 0 Å². The highest BCUT2D eigenvalue weighted by Crippen LogP contribution is 2.45. The van der Waals surface area contributed by atoms with Gasteiger partial charge in [0.05, 0.1) is 5.75 Å². The van der Waals surface area contributed by atoms with Crippen molar-refractivity contribution in [2.75, 3.05) is 18.3 Å². The van der Waals surface area contributed by atoms with E-state index in [9.17, 15) is 8.42 Å². The molecule has 4 heterocycles. The molecule has 0 unspecified atom stereocenters. The largest absolute Gasteiger partial charge is 0.454 e. The third kappa shape index (κ3) is 5.05. The van der Waals surface area contributed by atoms with Gasteiger partial charge in [-0.05, 0) is 32.4 Å². The van der Waals surface area contributed by atoms with E-state index in [1.54, 1.807) is 20.0 Å². The Bertz CT molecular complexity index is 1470. The van der Waals surface area contributed by atoms with Crippen molar-refractivity contribution in [1.29, 1.82) is 0 Å². The molecule has 3 aromatic heterocycles. The molecule has 0 radical (unpaired) electrons. The number of anilines is 1. The fourth-order valence-electron chi connectivity index (χ4n) is 3.67. The number of nitrogen functional groups attached to an aromatic ring is 1. The number of hydrogen-bond donors (Lipinski definition) is 2. The van der Waals surface area contributed by atoms with Crippen LogP contribution in [0.5, 0.6) is 11.5 Å². The Labute approximate surface area is 210 Å². The summed E-state index contributed by atoms with van der Waals surface area (Å²) in [4.78, 5) is 18.5. The quantitative estimate of drug-likeness (QED) is 0.329. The molecule has 5 rings (SSSR count). The molecule has 1 aromatic carbocycles. The molecule has 0 aliphatic carbocycles. The van der Waals surface area contributed by atoms with Gasteiger partial charge in [0.1, 0.15) is 11.3 Å². The second kappa shape index (κ2) is 9.60. The molecule has 184 valence electrons. The lowest BCUT2D eigenvalue weighted by molar-refractivity contribution is 0.174. The first-order valence-electron chi connectivity index (χ1n) is 10.8. The summed E-state index contributed by atoms with van der Waals surface area (Å²) < 4.78 is 40.3. The van der Waals surface area contributed by atoms with Crippen LogP contribution in [0.3, 0.4) is 0 Å². The first kappa shape index (κ1) is 23.8. The maximum atomic E-state index is 12.3. The molecule has 0 bridgehead atoms. The Morgan fingerprint density at radius 1 is 1.23 bits per heavy atom. The monoisotopic (exact) mass is 533 g/mol. The number of rotatable bonds is 9. The van der Waals surface area contributed by atoms with Crippen molar-refractivity contribution < 1.29 is 17.9 Å². The van der Waals surface area contributed by atoms with Crippen molar-refractivity contribution in [2.24, 2.45) is 0 Å². The maximum Gasteiger partial charge on any atom is 0.231 e. The number of sulfonamides is 1.